The van der Waals surface area contributed by atoms with Crippen molar-refractivity contribution in [2.24, 2.45) is 5.41 Å². The molecule has 0 aliphatic rings. The standard InChI is InChI=1S/C15H23NOS/c1-14(2,3)10-15(4,5)16-13(17)11-6-8-12(18)9-7-11/h6-9,18H,10H2,1-5H3,(H,16,17). The Hall–Kier alpha value is -0.960. The summed E-state index contributed by atoms with van der Waals surface area (Å²) < 4.78 is 0. The first kappa shape index (κ1) is 15.1. The predicted octanol–water partition coefficient (Wildman–Crippen LogP) is 3.92. The smallest absolute Gasteiger partial charge is 0.251 e. The van der Waals surface area contributed by atoms with E-state index in [1.54, 1.807) is 12.1 Å². The van der Waals surface area contributed by atoms with Crippen molar-refractivity contribution in [3.8, 4) is 0 Å². The molecule has 0 unspecified atom stereocenters. The fraction of sp³-hybridized carbons (Fsp3) is 0.533. The zero-order valence-corrected chi connectivity index (χ0v) is 12.8. The van der Waals surface area contributed by atoms with Crippen LogP contribution in [0.25, 0.3) is 0 Å². The van der Waals surface area contributed by atoms with Gasteiger partial charge >= 0.3 is 0 Å². The molecule has 1 aromatic rings. The predicted molar refractivity (Wildman–Crippen MR) is 79.3 cm³/mol. The fourth-order valence-corrected chi connectivity index (χ4v) is 2.51. The van der Waals surface area contributed by atoms with Gasteiger partial charge in [-0.25, -0.2) is 0 Å². The van der Waals surface area contributed by atoms with Gasteiger partial charge in [-0.1, -0.05) is 20.8 Å². The van der Waals surface area contributed by atoms with Gasteiger partial charge in [-0.2, -0.15) is 0 Å². The first-order chi connectivity index (χ1) is 8.09. The molecule has 1 rings (SSSR count). The van der Waals surface area contributed by atoms with Gasteiger partial charge in [-0.3, -0.25) is 4.79 Å². The van der Waals surface area contributed by atoms with Gasteiger partial charge in [0, 0.05) is 16.0 Å². The second-order valence-corrected chi connectivity index (χ2v) is 7.14. The lowest BCUT2D eigenvalue weighted by atomic mass is 9.81. The number of nitrogens with one attached hydrogen (secondary N) is 1. The van der Waals surface area contributed by atoms with Gasteiger partial charge in [0.25, 0.3) is 5.91 Å². The van der Waals surface area contributed by atoms with Crippen molar-refractivity contribution >= 4 is 18.5 Å². The lowest BCUT2D eigenvalue weighted by molar-refractivity contribution is 0.0891. The number of thiol groups is 1. The second-order valence-electron chi connectivity index (χ2n) is 6.62. The summed E-state index contributed by atoms with van der Waals surface area (Å²) in [5.74, 6) is -0.0300. The zero-order chi connectivity index (χ0) is 14.0. The molecule has 18 heavy (non-hydrogen) atoms. The molecule has 0 heterocycles. The minimum Gasteiger partial charge on any atom is -0.347 e. The molecule has 0 saturated carbocycles. The molecule has 0 radical (unpaired) electrons. The molecule has 0 aromatic heterocycles. The van der Waals surface area contributed by atoms with Crippen LogP contribution < -0.4 is 5.32 Å². The lowest BCUT2D eigenvalue weighted by Crippen LogP contribution is -2.45. The third kappa shape index (κ3) is 5.13. The summed E-state index contributed by atoms with van der Waals surface area (Å²) in [5.41, 5.74) is 0.649. The monoisotopic (exact) mass is 265 g/mol. The molecular weight excluding hydrogens is 242 g/mol. The van der Waals surface area contributed by atoms with Crippen molar-refractivity contribution in [3.05, 3.63) is 29.8 Å². The number of hydrogen-bond donors (Lipinski definition) is 2. The lowest BCUT2D eigenvalue weighted by Gasteiger charge is -2.33. The SMILES string of the molecule is CC(C)(C)CC(C)(C)NC(=O)c1ccc(S)cc1. The van der Waals surface area contributed by atoms with Gasteiger partial charge in [0.2, 0.25) is 0 Å². The molecular formula is C15H23NOS. The Morgan fingerprint density at radius 2 is 1.61 bits per heavy atom. The summed E-state index contributed by atoms with van der Waals surface area (Å²) in [6.45, 7) is 10.6. The van der Waals surface area contributed by atoms with Crippen LogP contribution in [0.1, 0.15) is 51.4 Å². The van der Waals surface area contributed by atoms with Gasteiger partial charge in [0.15, 0.2) is 0 Å². The number of hydrogen-bond acceptors (Lipinski definition) is 2. The van der Waals surface area contributed by atoms with E-state index >= 15 is 0 Å². The molecule has 0 spiro atoms. The maximum atomic E-state index is 12.1. The molecule has 3 heteroatoms. The van der Waals surface area contributed by atoms with Gasteiger partial charge < -0.3 is 5.32 Å². The Kier molecular flexibility index (Phi) is 4.49. The minimum absolute atomic E-state index is 0.0300. The summed E-state index contributed by atoms with van der Waals surface area (Å²) in [6, 6.07) is 7.25. The highest BCUT2D eigenvalue weighted by Gasteiger charge is 2.27. The van der Waals surface area contributed by atoms with Gasteiger partial charge in [-0.15, -0.1) is 12.6 Å². The molecule has 1 amide bonds. The van der Waals surface area contributed by atoms with E-state index in [4.69, 9.17) is 0 Å². The van der Waals surface area contributed by atoms with Crippen LogP contribution >= 0.6 is 12.6 Å². The van der Waals surface area contributed by atoms with Crippen molar-refractivity contribution in [1.82, 2.24) is 5.32 Å². The van der Waals surface area contributed by atoms with E-state index in [0.29, 0.717) is 5.56 Å². The van der Waals surface area contributed by atoms with Crippen LogP contribution in [0.2, 0.25) is 0 Å². The summed E-state index contributed by atoms with van der Waals surface area (Å²) in [6.07, 6.45) is 0.927. The van der Waals surface area contributed by atoms with E-state index in [9.17, 15) is 4.79 Å². The summed E-state index contributed by atoms with van der Waals surface area (Å²) in [7, 11) is 0. The summed E-state index contributed by atoms with van der Waals surface area (Å²) in [4.78, 5) is 13.0. The molecule has 2 nitrogen and oxygen atoms in total. The molecule has 1 N–H and O–H groups in total. The molecule has 1 aromatic carbocycles. The zero-order valence-electron chi connectivity index (χ0n) is 11.9. The van der Waals surface area contributed by atoms with Crippen LogP contribution in [0.4, 0.5) is 0 Å². The molecule has 0 aliphatic carbocycles. The summed E-state index contributed by atoms with van der Waals surface area (Å²) in [5, 5.41) is 3.08. The van der Waals surface area contributed by atoms with E-state index in [1.165, 1.54) is 0 Å². The number of carbonyl (C=O) groups excluding carboxylic acids is 1. The topological polar surface area (TPSA) is 29.1 Å². The van der Waals surface area contributed by atoms with Crippen LogP contribution in [0, 0.1) is 5.41 Å². The maximum absolute atomic E-state index is 12.1. The van der Waals surface area contributed by atoms with E-state index in [1.807, 2.05) is 12.1 Å². The van der Waals surface area contributed by atoms with Crippen molar-refractivity contribution in [3.63, 3.8) is 0 Å². The van der Waals surface area contributed by atoms with Crippen molar-refractivity contribution in [1.29, 1.82) is 0 Å². The maximum Gasteiger partial charge on any atom is 0.251 e. The third-order valence-corrected chi connectivity index (χ3v) is 2.85. The Morgan fingerprint density at radius 3 is 2.06 bits per heavy atom. The van der Waals surface area contributed by atoms with Crippen molar-refractivity contribution < 1.29 is 4.79 Å². The quantitative estimate of drug-likeness (QED) is 0.797. The fourth-order valence-electron chi connectivity index (χ4n) is 2.36. The number of carbonyl (C=O) groups is 1. The molecule has 0 fully saturated rings. The largest absolute Gasteiger partial charge is 0.347 e. The van der Waals surface area contributed by atoms with Gasteiger partial charge in [-0.05, 0) is 49.9 Å². The first-order valence-corrected chi connectivity index (χ1v) is 6.65. The number of rotatable bonds is 3. The van der Waals surface area contributed by atoms with Crippen LogP contribution in [-0.2, 0) is 0 Å². The van der Waals surface area contributed by atoms with Gasteiger partial charge in [0.05, 0.1) is 0 Å². The van der Waals surface area contributed by atoms with E-state index < -0.39 is 0 Å². The van der Waals surface area contributed by atoms with Crippen molar-refractivity contribution in [2.45, 2.75) is 51.5 Å². The second kappa shape index (κ2) is 5.35. The molecule has 0 atom stereocenters. The molecule has 0 saturated heterocycles. The highest BCUT2D eigenvalue weighted by molar-refractivity contribution is 7.80. The van der Waals surface area contributed by atoms with Gasteiger partial charge in [0.1, 0.15) is 0 Å². The Morgan fingerprint density at radius 1 is 1.11 bits per heavy atom. The van der Waals surface area contributed by atoms with Crippen LogP contribution in [0.3, 0.4) is 0 Å². The minimum atomic E-state index is -0.213. The van der Waals surface area contributed by atoms with E-state index in [0.717, 1.165) is 11.3 Å². The molecule has 0 aliphatic heterocycles. The first-order valence-electron chi connectivity index (χ1n) is 6.21. The van der Waals surface area contributed by atoms with E-state index in [2.05, 4.69) is 52.6 Å². The highest BCUT2D eigenvalue weighted by atomic mass is 32.1. The summed E-state index contributed by atoms with van der Waals surface area (Å²) >= 11 is 4.21. The number of amides is 1. The Bertz CT molecular complexity index is 415. The third-order valence-electron chi connectivity index (χ3n) is 2.55. The normalized spacial score (nSPS) is 12.3. The molecule has 100 valence electrons. The highest BCUT2D eigenvalue weighted by Crippen LogP contribution is 2.27. The van der Waals surface area contributed by atoms with Crippen LogP contribution in [0.5, 0.6) is 0 Å². The number of benzene rings is 1. The Balaban J connectivity index is 2.72. The van der Waals surface area contributed by atoms with Crippen LogP contribution in [0.15, 0.2) is 29.2 Å². The van der Waals surface area contributed by atoms with Crippen molar-refractivity contribution in [2.75, 3.05) is 0 Å². The molecule has 0 bridgehead atoms. The average Bonchev–Trinajstić information content (AvgIpc) is 2.13. The average molecular weight is 265 g/mol. The van der Waals surface area contributed by atoms with E-state index in [-0.39, 0.29) is 16.9 Å². The van der Waals surface area contributed by atoms with Crippen LogP contribution in [-0.4, -0.2) is 11.4 Å². The Labute approximate surface area is 116 Å².